The van der Waals surface area contributed by atoms with Gasteiger partial charge in [-0.05, 0) is 49.4 Å². The van der Waals surface area contributed by atoms with Gasteiger partial charge in [0.2, 0.25) is 15.9 Å². The summed E-state index contributed by atoms with van der Waals surface area (Å²) in [6.07, 6.45) is 2.34. The summed E-state index contributed by atoms with van der Waals surface area (Å²) >= 11 is 0. The molecule has 1 atom stereocenters. The summed E-state index contributed by atoms with van der Waals surface area (Å²) in [5.41, 5.74) is 0. The molecule has 1 saturated heterocycles. The first-order chi connectivity index (χ1) is 11.8. The number of amides is 1. The number of hydrogen-bond acceptors (Lipinski definition) is 4. The predicted molar refractivity (Wildman–Crippen MR) is 96.9 cm³/mol. The number of nitrogens with zero attached hydrogens (tertiary/aromatic N) is 1. The molecule has 0 bridgehead atoms. The SMILES string of the molecule is COc1ccc(S(=O)(=O)N2CCC[C@@H](C(=O)NCCC(C)C)C2)cc1. The highest BCUT2D eigenvalue weighted by atomic mass is 32.2. The molecule has 0 unspecified atom stereocenters. The maximum Gasteiger partial charge on any atom is 0.243 e. The molecule has 7 heteroatoms. The molecule has 140 valence electrons. The summed E-state index contributed by atoms with van der Waals surface area (Å²) in [5, 5.41) is 2.93. The van der Waals surface area contributed by atoms with Crippen molar-refractivity contribution in [3.05, 3.63) is 24.3 Å². The quantitative estimate of drug-likeness (QED) is 0.801. The van der Waals surface area contributed by atoms with Gasteiger partial charge in [0.25, 0.3) is 0 Å². The number of rotatable bonds is 7. The van der Waals surface area contributed by atoms with E-state index in [-0.39, 0.29) is 23.3 Å². The molecular formula is C18H28N2O4S. The van der Waals surface area contributed by atoms with Crippen LogP contribution in [0.2, 0.25) is 0 Å². The van der Waals surface area contributed by atoms with Gasteiger partial charge in [-0.25, -0.2) is 8.42 Å². The van der Waals surface area contributed by atoms with Crippen molar-refractivity contribution in [3.63, 3.8) is 0 Å². The lowest BCUT2D eigenvalue weighted by Crippen LogP contribution is -2.45. The molecule has 0 aromatic heterocycles. The fraction of sp³-hybridized carbons (Fsp3) is 0.611. The van der Waals surface area contributed by atoms with Crippen molar-refractivity contribution in [1.82, 2.24) is 9.62 Å². The van der Waals surface area contributed by atoms with Crippen LogP contribution in [-0.4, -0.2) is 45.4 Å². The van der Waals surface area contributed by atoms with Crippen molar-refractivity contribution in [2.24, 2.45) is 11.8 Å². The normalized spacial score (nSPS) is 19.0. The smallest absolute Gasteiger partial charge is 0.243 e. The number of methoxy groups -OCH3 is 1. The van der Waals surface area contributed by atoms with Gasteiger partial charge in [0.15, 0.2) is 0 Å². The Kier molecular flexibility index (Phi) is 6.84. The molecule has 1 amide bonds. The largest absolute Gasteiger partial charge is 0.497 e. The highest BCUT2D eigenvalue weighted by Crippen LogP contribution is 2.25. The Bertz CT molecular complexity index is 671. The van der Waals surface area contributed by atoms with Crippen LogP contribution in [0.15, 0.2) is 29.2 Å². The van der Waals surface area contributed by atoms with Crippen LogP contribution in [0.3, 0.4) is 0 Å². The van der Waals surface area contributed by atoms with E-state index in [1.165, 1.54) is 11.4 Å². The second-order valence-electron chi connectivity index (χ2n) is 6.85. The number of sulfonamides is 1. The lowest BCUT2D eigenvalue weighted by atomic mass is 9.98. The van der Waals surface area contributed by atoms with Crippen molar-refractivity contribution >= 4 is 15.9 Å². The van der Waals surface area contributed by atoms with Crippen molar-refractivity contribution in [2.75, 3.05) is 26.7 Å². The number of carbonyl (C=O) groups is 1. The minimum absolute atomic E-state index is 0.0460. The van der Waals surface area contributed by atoms with E-state index in [2.05, 4.69) is 19.2 Å². The molecule has 0 spiro atoms. The third-order valence-electron chi connectivity index (χ3n) is 4.47. The standard InChI is InChI=1S/C18H28N2O4S/c1-14(2)10-11-19-18(21)15-5-4-12-20(13-15)25(22,23)17-8-6-16(24-3)7-9-17/h6-9,14-15H,4-5,10-13H2,1-3H3,(H,19,21)/t15-/m1/s1. The van der Waals surface area contributed by atoms with E-state index in [0.717, 1.165) is 12.8 Å². The zero-order valence-electron chi connectivity index (χ0n) is 15.2. The van der Waals surface area contributed by atoms with Crippen LogP contribution in [0.5, 0.6) is 5.75 Å². The third-order valence-corrected chi connectivity index (χ3v) is 6.35. The molecule has 1 aliphatic rings. The lowest BCUT2D eigenvalue weighted by Gasteiger charge is -2.31. The van der Waals surface area contributed by atoms with Crippen LogP contribution in [-0.2, 0) is 14.8 Å². The maximum absolute atomic E-state index is 12.8. The second-order valence-corrected chi connectivity index (χ2v) is 8.79. The molecular weight excluding hydrogens is 340 g/mol. The zero-order chi connectivity index (χ0) is 18.4. The van der Waals surface area contributed by atoms with Crippen LogP contribution >= 0.6 is 0 Å². The molecule has 1 aromatic carbocycles. The minimum Gasteiger partial charge on any atom is -0.497 e. The molecule has 1 aromatic rings. The Morgan fingerprint density at radius 2 is 2.00 bits per heavy atom. The molecule has 0 radical (unpaired) electrons. The van der Waals surface area contributed by atoms with E-state index in [9.17, 15) is 13.2 Å². The Balaban J connectivity index is 2.02. The molecule has 1 heterocycles. The van der Waals surface area contributed by atoms with Gasteiger partial charge < -0.3 is 10.1 Å². The number of benzene rings is 1. The lowest BCUT2D eigenvalue weighted by molar-refractivity contribution is -0.126. The second kappa shape index (κ2) is 8.67. The molecule has 1 N–H and O–H groups in total. The fourth-order valence-electron chi connectivity index (χ4n) is 2.90. The van der Waals surface area contributed by atoms with Crippen LogP contribution in [0.4, 0.5) is 0 Å². The zero-order valence-corrected chi connectivity index (χ0v) is 16.0. The van der Waals surface area contributed by atoms with E-state index in [4.69, 9.17) is 4.74 Å². The topological polar surface area (TPSA) is 75.7 Å². The maximum atomic E-state index is 12.8. The van der Waals surface area contributed by atoms with Crippen molar-refractivity contribution in [1.29, 1.82) is 0 Å². The van der Waals surface area contributed by atoms with Gasteiger partial charge >= 0.3 is 0 Å². The van der Waals surface area contributed by atoms with Crippen molar-refractivity contribution in [3.8, 4) is 5.75 Å². The van der Waals surface area contributed by atoms with Gasteiger partial charge in [0.1, 0.15) is 5.75 Å². The summed E-state index contributed by atoms with van der Waals surface area (Å²) in [5.74, 6) is 0.808. The Labute approximate surface area is 150 Å². The van der Waals surface area contributed by atoms with Crippen LogP contribution < -0.4 is 10.1 Å². The van der Waals surface area contributed by atoms with E-state index in [1.54, 1.807) is 24.3 Å². The third kappa shape index (κ3) is 5.19. The van der Waals surface area contributed by atoms with Gasteiger partial charge in [-0.3, -0.25) is 4.79 Å². The van der Waals surface area contributed by atoms with Gasteiger partial charge in [0.05, 0.1) is 17.9 Å². The predicted octanol–water partition coefficient (Wildman–Crippen LogP) is 2.26. The number of hydrogen-bond donors (Lipinski definition) is 1. The molecule has 25 heavy (non-hydrogen) atoms. The van der Waals surface area contributed by atoms with Crippen LogP contribution in [0.25, 0.3) is 0 Å². The van der Waals surface area contributed by atoms with E-state index >= 15 is 0 Å². The monoisotopic (exact) mass is 368 g/mol. The van der Waals surface area contributed by atoms with E-state index in [1.807, 2.05) is 0 Å². The van der Waals surface area contributed by atoms with Gasteiger partial charge in [-0.1, -0.05) is 13.8 Å². The van der Waals surface area contributed by atoms with Gasteiger partial charge in [-0.15, -0.1) is 0 Å². The summed E-state index contributed by atoms with van der Waals surface area (Å²) in [6.45, 7) is 5.54. The molecule has 6 nitrogen and oxygen atoms in total. The molecule has 1 fully saturated rings. The fourth-order valence-corrected chi connectivity index (χ4v) is 4.42. The average molecular weight is 368 g/mol. The first-order valence-corrected chi connectivity index (χ1v) is 10.2. The average Bonchev–Trinajstić information content (AvgIpc) is 2.61. The first-order valence-electron chi connectivity index (χ1n) is 8.76. The van der Waals surface area contributed by atoms with E-state index < -0.39 is 10.0 Å². The number of nitrogens with one attached hydrogen (secondary N) is 1. The van der Waals surface area contributed by atoms with Crippen molar-refractivity contribution in [2.45, 2.75) is 38.0 Å². The summed E-state index contributed by atoms with van der Waals surface area (Å²) in [7, 11) is -2.05. The van der Waals surface area contributed by atoms with Crippen LogP contribution in [0, 0.1) is 11.8 Å². The minimum atomic E-state index is -3.59. The molecule has 2 rings (SSSR count). The number of ether oxygens (including phenoxy) is 1. The van der Waals surface area contributed by atoms with E-state index in [0.29, 0.717) is 31.2 Å². The Hall–Kier alpha value is -1.60. The Morgan fingerprint density at radius 1 is 1.32 bits per heavy atom. The molecule has 0 saturated carbocycles. The van der Waals surface area contributed by atoms with Crippen LogP contribution in [0.1, 0.15) is 33.1 Å². The summed E-state index contributed by atoms with van der Waals surface area (Å²) in [4.78, 5) is 12.6. The van der Waals surface area contributed by atoms with Gasteiger partial charge in [-0.2, -0.15) is 4.31 Å². The first kappa shape index (κ1) is 19.7. The highest BCUT2D eigenvalue weighted by molar-refractivity contribution is 7.89. The number of piperidine rings is 1. The highest BCUT2D eigenvalue weighted by Gasteiger charge is 2.33. The van der Waals surface area contributed by atoms with Crippen molar-refractivity contribution < 1.29 is 17.9 Å². The number of carbonyl (C=O) groups excluding carboxylic acids is 1. The molecule has 1 aliphatic heterocycles. The summed E-state index contributed by atoms with van der Waals surface area (Å²) < 4.78 is 32.1. The molecule has 0 aliphatic carbocycles. The Morgan fingerprint density at radius 3 is 2.60 bits per heavy atom. The van der Waals surface area contributed by atoms with Gasteiger partial charge in [0, 0.05) is 19.6 Å². The summed E-state index contributed by atoms with van der Waals surface area (Å²) in [6, 6.07) is 6.35.